The van der Waals surface area contributed by atoms with Gasteiger partial charge in [0.25, 0.3) is 5.91 Å². The Morgan fingerprint density at radius 3 is 2.31 bits per heavy atom. The van der Waals surface area contributed by atoms with E-state index in [-0.39, 0.29) is 11.7 Å². The first kappa shape index (κ1) is 24.4. The van der Waals surface area contributed by atoms with Crippen LogP contribution in [0.4, 0.5) is 0 Å². The van der Waals surface area contributed by atoms with Crippen LogP contribution in [0.15, 0.2) is 82.1 Å². The van der Waals surface area contributed by atoms with E-state index >= 15 is 0 Å². The second-order valence-corrected chi connectivity index (χ2v) is 9.61. The zero-order valence-corrected chi connectivity index (χ0v) is 20.9. The molecular formula is C28H28N2O4S. The number of aryl methyl sites for hydroxylation is 2. The number of amides is 1. The maximum Gasteiger partial charge on any atom is 0.251 e. The normalized spacial score (nSPS) is 11.7. The number of hydrogen-bond acceptors (Lipinski definition) is 5. The van der Waals surface area contributed by atoms with Crippen LogP contribution >= 0.6 is 0 Å². The van der Waals surface area contributed by atoms with Crippen molar-refractivity contribution in [1.29, 1.82) is 0 Å². The molecule has 0 saturated carbocycles. The van der Waals surface area contributed by atoms with Crippen molar-refractivity contribution in [3.63, 3.8) is 0 Å². The Morgan fingerprint density at radius 2 is 1.66 bits per heavy atom. The molecular weight excluding hydrogens is 460 g/mol. The number of oxazole rings is 1. The van der Waals surface area contributed by atoms with E-state index in [2.05, 4.69) is 10.3 Å². The summed E-state index contributed by atoms with van der Waals surface area (Å²) in [7, 11) is -1.21. The first-order valence-corrected chi connectivity index (χ1v) is 12.8. The zero-order valence-electron chi connectivity index (χ0n) is 20.0. The second-order valence-electron chi connectivity index (χ2n) is 8.16. The summed E-state index contributed by atoms with van der Waals surface area (Å²) < 4.78 is 24.0. The molecule has 0 aliphatic rings. The van der Waals surface area contributed by atoms with E-state index in [1.54, 1.807) is 24.3 Å². The molecule has 0 spiro atoms. The van der Waals surface area contributed by atoms with Crippen molar-refractivity contribution in [2.24, 2.45) is 0 Å². The summed E-state index contributed by atoms with van der Waals surface area (Å²) in [5.41, 5.74) is 4.08. The number of aromatic nitrogens is 1. The highest BCUT2D eigenvalue weighted by molar-refractivity contribution is 7.84. The van der Waals surface area contributed by atoms with E-state index in [0.29, 0.717) is 36.1 Å². The lowest BCUT2D eigenvalue weighted by Crippen LogP contribution is -2.22. The molecule has 0 aliphatic carbocycles. The third-order valence-corrected chi connectivity index (χ3v) is 6.86. The molecule has 6 nitrogen and oxygen atoms in total. The van der Waals surface area contributed by atoms with Crippen LogP contribution < -0.4 is 10.1 Å². The van der Waals surface area contributed by atoms with Crippen molar-refractivity contribution in [3.05, 3.63) is 101 Å². The Labute approximate surface area is 207 Å². The van der Waals surface area contributed by atoms with Gasteiger partial charge >= 0.3 is 0 Å². The number of carbonyl (C=O) groups excluding carboxylic acids is 1. The Morgan fingerprint density at radius 1 is 0.971 bits per heavy atom. The van der Waals surface area contributed by atoms with Crippen LogP contribution in [0.1, 0.15) is 39.9 Å². The Bertz CT molecular complexity index is 1310. The first-order chi connectivity index (χ1) is 16.9. The highest BCUT2D eigenvalue weighted by Crippen LogP contribution is 2.24. The summed E-state index contributed by atoms with van der Waals surface area (Å²) >= 11 is 0. The first-order valence-electron chi connectivity index (χ1n) is 11.4. The number of ether oxygens (including phenoxy) is 1. The molecule has 0 bridgehead atoms. The minimum absolute atomic E-state index is 0.164. The quantitative estimate of drug-likeness (QED) is 0.332. The summed E-state index contributed by atoms with van der Waals surface area (Å²) in [6.07, 6.45) is 0. The monoisotopic (exact) mass is 488 g/mol. The fraction of sp³-hybridized carbons (Fsp3) is 0.214. The van der Waals surface area contributed by atoms with Crippen molar-refractivity contribution in [3.8, 4) is 17.2 Å². The summed E-state index contributed by atoms with van der Waals surface area (Å²) in [5.74, 6) is 2.01. The molecule has 0 aliphatic heterocycles. The maximum absolute atomic E-state index is 12.7. The predicted molar refractivity (Wildman–Crippen MR) is 137 cm³/mol. The van der Waals surface area contributed by atoms with Gasteiger partial charge in [-0.25, -0.2) is 4.98 Å². The number of rotatable bonds is 9. The van der Waals surface area contributed by atoms with Crippen LogP contribution in [-0.4, -0.2) is 21.7 Å². The second kappa shape index (κ2) is 11.1. The smallest absolute Gasteiger partial charge is 0.251 e. The number of hydrogen-bond donors (Lipinski definition) is 1. The third-order valence-electron chi connectivity index (χ3n) is 5.53. The SMILES string of the molecule is CCOc1ccc(CNC(=O)c2ccc(-c3nc(CS(=O)c4ccc(C)cc4)c(C)o3)cc2)cc1. The Kier molecular flexibility index (Phi) is 7.77. The average molecular weight is 489 g/mol. The van der Waals surface area contributed by atoms with Gasteiger partial charge in [-0.15, -0.1) is 0 Å². The third kappa shape index (κ3) is 6.25. The van der Waals surface area contributed by atoms with Gasteiger partial charge < -0.3 is 14.5 Å². The minimum Gasteiger partial charge on any atom is -0.494 e. The molecule has 1 N–H and O–H groups in total. The molecule has 1 heterocycles. The number of nitrogens with one attached hydrogen (secondary N) is 1. The molecule has 7 heteroatoms. The number of carbonyl (C=O) groups is 1. The molecule has 1 amide bonds. The van der Waals surface area contributed by atoms with Crippen molar-refractivity contribution in [2.45, 2.75) is 38.0 Å². The summed E-state index contributed by atoms with van der Waals surface area (Å²) in [4.78, 5) is 17.9. The van der Waals surface area contributed by atoms with E-state index in [9.17, 15) is 9.00 Å². The highest BCUT2D eigenvalue weighted by Gasteiger charge is 2.16. The predicted octanol–water partition coefficient (Wildman–Crippen LogP) is 5.59. The molecule has 0 saturated heterocycles. The summed E-state index contributed by atoms with van der Waals surface area (Å²) in [6, 6.07) is 22.4. The van der Waals surface area contributed by atoms with Crippen LogP contribution in [-0.2, 0) is 23.1 Å². The lowest BCUT2D eigenvalue weighted by Gasteiger charge is -2.07. The van der Waals surface area contributed by atoms with Gasteiger partial charge in [-0.3, -0.25) is 9.00 Å². The largest absolute Gasteiger partial charge is 0.494 e. The molecule has 1 atom stereocenters. The molecule has 35 heavy (non-hydrogen) atoms. The summed E-state index contributed by atoms with van der Waals surface area (Å²) in [5, 5.41) is 2.93. The van der Waals surface area contributed by atoms with Crippen LogP contribution in [0, 0.1) is 13.8 Å². The van der Waals surface area contributed by atoms with Gasteiger partial charge in [0.1, 0.15) is 11.5 Å². The van der Waals surface area contributed by atoms with Gasteiger partial charge in [-0.2, -0.15) is 0 Å². The van der Waals surface area contributed by atoms with Crippen LogP contribution in [0.2, 0.25) is 0 Å². The maximum atomic E-state index is 12.7. The molecule has 4 aromatic rings. The standard InChI is InChI=1S/C28H28N2O4S/c1-4-33-24-13-7-21(8-14-24)17-29-27(31)22-9-11-23(12-10-22)28-30-26(20(3)34-28)18-35(32)25-15-5-19(2)6-16-25/h5-16H,4,17-18H2,1-3H3,(H,29,31). The Hall–Kier alpha value is -3.71. The average Bonchev–Trinajstić information content (AvgIpc) is 3.24. The van der Waals surface area contributed by atoms with Crippen molar-refractivity contribution in [1.82, 2.24) is 10.3 Å². The van der Waals surface area contributed by atoms with E-state index in [4.69, 9.17) is 9.15 Å². The van der Waals surface area contributed by atoms with E-state index in [1.807, 2.05) is 69.3 Å². The lowest BCUT2D eigenvalue weighted by atomic mass is 10.1. The molecule has 4 rings (SSSR count). The fourth-order valence-electron chi connectivity index (χ4n) is 3.50. The van der Waals surface area contributed by atoms with Gasteiger partial charge in [-0.05, 0) is 74.9 Å². The molecule has 0 radical (unpaired) electrons. The van der Waals surface area contributed by atoms with Crippen LogP contribution in [0.3, 0.4) is 0 Å². The van der Waals surface area contributed by atoms with Crippen molar-refractivity contribution >= 4 is 16.7 Å². The van der Waals surface area contributed by atoms with Gasteiger partial charge in [0.2, 0.25) is 5.89 Å². The molecule has 0 fully saturated rings. The fourth-order valence-corrected chi connectivity index (χ4v) is 4.62. The lowest BCUT2D eigenvalue weighted by molar-refractivity contribution is 0.0951. The van der Waals surface area contributed by atoms with E-state index < -0.39 is 10.8 Å². The van der Waals surface area contributed by atoms with Gasteiger partial charge in [-0.1, -0.05) is 29.8 Å². The van der Waals surface area contributed by atoms with Gasteiger partial charge in [0.15, 0.2) is 0 Å². The highest BCUT2D eigenvalue weighted by atomic mass is 32.2. The number of nitrogens with zero attached hydrogens (tertiary/aromatic N) is 1. The topological polar surface area (TPSA) is 81.4 Å². The van der Waals surface area contributed by atoms with E-state index in [0.717, 1.165) is 27.3 Å². The molecule has 180 valence electrons. The van der Waals surface area contributed by atoms with Gasteiger partial charge in [0.05, 0.1) is 28.9 Å². The zero-order chi connectivity index (χ0) is 24.8. The molecule has 1 aromatic heterocycles. The summed E-state index contributed by atoms with van der Waals surface area (Å²) in [6.45, 7) is 6.80. The van der Waals surface area contributed by atoms with Crippen LogP contribution in [0.25, 0.3) is 11.5 Å². The minimum atomic E-state index is -1.21. The van der Waals surface area contributed by atoms with Crippen molar-refractivity contribution in [2.75, 3.05) is 6.61 Å². The Balaban J connectivity index is 1.38. The van der Waals surface area contributed by atoms with Gasteiger partial charge in [0, 0.05) is 22.6 Å². The number of benzene rings is 3. The molecule has 3 aromatic carbocycles. The van der Waals surface area contributed by atoms with Crippen molar-refractivity contribution < 1.29 is 18.2 Å². The van der Waals surface area contributed by atoms with Crippen LogP contribution in [0.5, 0.6) is 5.75 Å². The van der Waals surface area contributed by atoms with E-state index in [1.165, 1.54) is 0 Å². The molecule has 1 unspecified atom stereocenters.